The summed E-state index contributed by atoms with van der Waals surface area (Å²) in [6.07, 6.45) is 6.11. The standard InChI is InChI=1S/C28H30FN7O4S/c1-5-12-36(13-11-28(4)34-35-28)26-22(27(37)33-41(38,39)25-8-6-7-24(30)32-25)9-10-23(31-26)19-14-20(29)16-21(15-19)40-17-18(2)3/h1,6-10,14-16,18H,11-13,17H2,2-4H3,(H2,30,32)(H,33,37). The number of anilines is 2. The minimum absolute atomic E-state index is 0.0246. The number of halogens is 1. The van der Waals surface area contributed by atoms with Crippen LogP contribution in [0, 0.1) is 24.1 Å². The third kappa shape index (κ3) is 7.55. The predicted molar refractivity (Wildman–Crippen MR) is 152 cm³/mol. The lowest BCUT2D eigenvalue weighted by Gasteiger charge is -2.25. The molecule has 11 nitrogen and oxygen atoms in total. The molecule has 41 heavy (non-hydrogen) atoms. The van der Waals surface area contributed by atoms with E-state index in [0.29, 0.717) is 36.6 Å². The number of rotatable bonds is 12. The normalized spacial score (nSPS) is 13.5. The molecule has 3 N–H and O–H groups in total. The zero-order chi connectivity index (χ0) is 29.8. The van der Waals surface area contributed by atoms with Gasteiger partial charge < -0.3 is 15.4 Å². The van der Waals surface area contributed by atoms with Gasteiger partial charge in [-0.25, -0.2) is 19.1 Å². The number of nitrogens with zero attached hydrogens (tertiary/aromatic N) is 5. The van der Waals surface area contributed by atoms with Crippen molar-refractivity contribution in [3.05, 3.63) is 59.9 Å². The number of aromatic nitrogens is 2. The van der Waals surface area contributed by atoms with Gasteiger partial charge in [0.15, 0.2) is 10.7 Å². The largest absolute Gasteiger partial charge is 0.493 e. The molecule has 0 bridgehead atoms. The third-order valence-electron chi connectivity index (χ3n) is 6.00. The number of sulfonamides is 1. The minimum Gasteiger partial charge on any atom is -0.493 e. The first-order valence-electron chi connectivity index (χ1n) is 12.8. The number of pyridine rings is 2. The van der Waals surface area contributed by atoms with Gasteiger partial charge in [0.2, 0.25) is 0 Å². The van der Waals surface area contributed by atoms with Crippen LogP contribution in [0.25, 0.3) is 11.3 Å². The first kappa shape index (κ1) is 29.4. The van der Waals surface area contributed by atoms with Gasteiger partial charge in [-0.1, -0.05) is 25.8 Å². The second-order valence-electron chi connectivity index (χ2n) is 10.1. The molecule has 1 amide bonds. The summed E-state index contributed by atoms with van der Waals surface area (Å²) in [5.41, 5.74) is 5.70. The molecule has 1 aromatic carbocycles. The molecule has 0 unspecified atom stereocenters. The summed E-state index contributed by atoms with van der Waals surface area (Å²) < 4.78 is 48.1. The van der Waals surface area contributed by atoms with Gasteiger partial charge in [0.05, 0.1) is 24.4 Å². The van der Waals surface area contributed by atoms with Crippen molar-refractivity contribution in [3.8, 4) is 29.4 Å². The minimum atomic E-state index is -4.37. The van der Waals surface area contributed by atoms with Gasteiger partial charge in [-0.05, 0) is 49.2 Å². The van der Waals surface area contributed by atoms with E-state index >= 15 is 0 Å². The Bertz CT molecular complexity index is 1630. The van der Waals surface area contributed by atoms with Crippen molar-refractivity contribution in [3.63, 3.8) is 0 Å². The molecule has 0 atom stereocenters. The summed E-state index contributed by atoms with van der Waals surface area (Å²) in [5.74, 6) is 1.69. The maximum Gasteiger partial charge on any atom is 0.281 e. The van der Waals surface area contributed by atoms with Crippen molar-refractivity contribution in [2.45, 2.75) is 37.9 Å². The predicted octanol–water partition coefficient (Wildman–Crippen LogP) is 4.03. The van der Waals surface area contributed by atoms with E-state index in [0.717, 1.165) is 0 Å². The van der Waals surface area contributed by atoms with Crippen LogP contribution in [-0.4, -0.2) is 49.7 Å². The molecule has 2 aromatic heterocycles. The maximum absolute atomic E-state index is 14.5. The smallest absolute Gasteiger partial charge is 0.281 e. The molecule has 4 rings (SSSR count). The van der Waals surface area contributed by atoms with Crippen molar-refractivity contribution >= 4 is 27.6 Å². The number of amides is 1. The van der Waals surface area contributed by atoms with Gasteiger partial charge in [0.1, 0.15) is 23.2 Å². The van der Waals surface area contributed by atoms with Crippen LogP contribution in [0.1, 0.15) is 37.6 Å². The number of hydrogen-bond acceptors (Lipinski definition) is 10. The number of carbonyl (C=O) groups is 1. The summed E-state index contributed by atoms with van der Waals surface area (Å²) >= 11 is 0. The Balaban J connectivity index is 1.74. The van der Waals surface area contributed by atoms with E-state index in [1.165, 1.54) is 42.5 Å². The van der Waals surface area contributed by atoms with Gasteiger partial charge in [-0.15, -0.1) is 6.42 Å². The summed E-state index contributed by atoms with van der Waals surface area (Å²) in [5, 5.41) is 7.61. The average Bonchev–Trinajstić information content (AvgIpc) is 3.66. The lowest BCUT2D eigenvalue weighted by atomic mass is 10.1. The topological polar surface area (TPSA) is 152 Å². The summed E-state index contributed by atoms with van der Waals surface area (Å²) in [4.78, 5) is 23.5. The van der Waals surface area contributed by atoms with Crippen LogP contribution in [-0.2, 0) is 10.0 Å². The Labute approximate surface area is 238 Å². The highest BCUT2D eigenvalue weighted by Crippen LogP contribution is 2.33. The fourth-order valence-corrected chi connectivity index (χ4v) is 4.74. The SMILES string of the molecule is C#CCN(CCC1(C)N=N1)c1nc(-c2cc(F)cc(OCC(C)C)c2)ccc1C(=O)NS(=O)(=O)c1cccc(N)n1. The van der Waals surface area contributed by atoms with E-state index < -0.39 is 32.4 Å². The average molecular weight is 580 g/mol. The molecule has 0 aliphatic carbocycles. The zero-order valence-electron chi connectivity index (χ0n) is 22.8. The first-order chi connectivity index (χ1) is 19.4. The van der Waals surface area contributed by atoms with Gasteiger partial charge in [0.25, 0.3) is 15.9 Å². The molecule has 1 aliphatic heterocycles. The van der Waals surface area contributed by atoms with E-state index in [2.05, 4.69) is 26.1 Å². The molecule has 13 heteroatoms. The Morgan fingerprint density at radius 2 is 1.95 bits per heavy atom. The lowest BCUT2D eigenvalue weighted by molar-refractivity contribution is 0.0981. The summed E-state index contributed by atoms with van der Waals surface area (Å²) in [6, 6.07) is 11.1. The van der Waals surface area contributed by atoms with Crippen LogP contribution in [0.15, 0.2) is 63.8 Å². The number of nitrogens with two attached hydrogens (primary N) is 1. The van der Waals surface area contributed by atoms with E-state index in [-0.39, 0.29) is 29.7 Å². The van der Waals surface area contributed by atoms with E-state index in [1.807, 2.05) is 25.5 Å². The molecule has 1 aliphatic rings. The highest BCUT2D eigenvalue weighted by atomic mass is 32.2. The van der Waals surface area contributed by atoms with Crippen molar-refractivity contribution in [2.75, 3.05) is 30.3 Å². The number of hydrogen-bond donors (Lipinski definition) is 2. The second-order valence-corrected chi connectivity index (χ2v) is 11.7. The van der Waals surface area contributed by atoms with E-state index in [1.54, 1.807) is 11.0 Å². The fourth-order valence-electron chi connectivity index (χ4n) is 3.80. The third-order valence-corrected chi connectivity index (χ3v) is 7.23. The number of carbonyl (C=O) groups excluding carboxylic acids is 1. The number of nitrogen functional groups attached to an aromatic ring is 1. The number of nitrogens with one attached hydrogen (secondary N) is 1. The van der Waals surface area contributed by atoms with Gasteiger partial charge >= 0.3 is 0 Å². The fraction of sp³-hybridized carbons (Fsp3) is 0.321. The Morgan fingerprint density at radius 3 is 2.61 bits per heavy atom. The van der Waals surface area contributed by atoms with Gasteiger partial charge in [0, 0.05) is 24.6 Å². The van der Waals surface area contributed by atoms with Crippen LogP contribution in [0.4, 0.5) is 16.0 Å². The Hall–Kier alpha value is -4.57. The van der Waals surface area contributed by atoms with Crippen LogP contribution >= 0.6 is 0 Å². The lowest BCUT2D eigenvalue weighted by Crippen LogP contribution is -2.35. The first-order valence-corrected chi connectivity index (χ1v) is 14.2. The van der Waals surface area contributed by atoms with E-state index in [4.69, 9.17) is 16.9 Å². The number of terminal acetylenes is 1. The van der Waals surface area contributed by atoms with Crippen LogP contribution in [0.5, 0.6) is 5.75 Å². The molecular formula is C28H30FN7O4S. The second kappa shape index (κ2) is 11.9. The van der Waals surface area contributed by atoms with Crippen LogP contribution < -0.4 is 20.1 Å². The molecule has 0 saturated heterocycles. The quantitative estimate of drug-likeness (QED) is 0.305. The molecule has 0 saturated carbocycles. The molecule has 0 radical (unpaired) electrons. The van der Waals surface area contributed by atoms with Crippen molar-refractivity contribution < 1.29 is 22.3 Å². The molecule has 0 spiro atoms. The number of ether oxygens (including phenoxy) is 1. The van der Waals surface area contributed by atoms with Crippen molar-refractivity contribution in [2.24, 2.45) is 16.1 Å². The highest BCUT2D eigenvalue weighted by molar-refractivity contribution is 7.90. The van der Waals surface area contributed by atoms with Crippen LogP contribution in [0.2, 0.25) is 0 Å². The zero-order valence-corrected chi connectivity index (χ0v) is 23.7. The number of benzene rings is 1. The van der Waals surface area contributed by atoms with E-state index in [9.17, 15) is 17.6 Å². The van der Waals surface area contributed by atoms with Crippen molar-refractivity contribution in [1.29, 1.82) is 0 Å². The maximum atomic E-state index is 14.5. The molecule has 3 heterocycles. The van der Waals surface area contributed by atoms with Gasteiger partial charge in [-0.3, -0.25) is 4.79 Å². The Kier molecular flexibility index (Phi) is 8.53. The van der Waals surface area contributed by atoms with Crippen molar-refractivity contribution in [1.82, 2.24) is 14.7 Å². The molecule has 0 fully saturated rings. The summed E-state index contributed by atoms with van der Waals surface area (Å²) in [6.45, 7) is 6.53. The Morgan fingerprint density at radius 1 is 1.20 bits per heavy atom. The molecular weight excluding hydrogens is 549 g/mol. The highest BCUT2D eigenvalue weighted by Gasteiger charge is 2.34. The van der Waals surface area contributed by atoms with Crippen LogP contribution in [0.3, 0.4) is 0 Å². The monoisotopic (exact) mass is 579 g/mol. The molecule has 214 valence electrons. The molecule has 3 aromatic rings. The summed E-state index contributed by atoms with van der Waals surface area (Å²) in [7, 11) is -4.37. The van der Waals surface area contributed by atoms with Gasteiger partial charge in [-0.2, -0.15) is 18.6 Å².